The summed E-state index contributed by atoms with van der Waals surface area (Å²) in [6.45, 7) is 0.327. The highest BCUT2D eigenvalue weighted by molar-refractivity contribution is 7.99. The number of hydrogen-bond acceptors (Lipinski definition) is 4. The predicted octanol–water partition coefficient (Wildman–Crippen LogP) is 4.73. The molecule has 0 saturated carbocycles. The largest absolute Gasteiger partial charge is 0.322 e. The molecule has 0 radical (unpaired) electrons. The molecule has 1 heterocycles. The molecule has 3 aromatic carbocycles. The highest BCUT2D eigenvalue weighted by Gasteiger charge is 2.34. The lowest BCUT2D eigenvalue weighted by Gasteiger charge is -2.13. The lowest BCUT2D eigenvalue weighted by Crippen LogP contribution is -2.31. The fourth-order valence-corrected chi connectivity index (χ4v) is 4.18. The van der Waals surface area contributed by atoms with Gasteiger partial charge in [0, 0.05) is 29.0 Å². The molecule has 0 fully saturated rings. The minimum atomic E-state index is -0.243. The van der Waals surface area contributed by atoms with Crippen LogP contribution in [-0.4, -0.2) is 34.9 Å². The van der Waals surface area contributed by atoms with Crippen LogP contribution in [0.2, 0.25) is 0 Å². The number of thioether (sulfide) groups is 1. The van der Waals surface area contributed by atoms with Gasteiger partial charge in [0.05, 0.1) is 11.1 Å². The van der Waals surface area contributed by atoms with Crippen molar-refractivity contribution in [1.82, 2.24) is 4.90 Å². The van der Waals surface area contributed by atoms with E-state index < -0.39 is 0 Å². The second-order valence-electron chi connectivity index (χ2n) is 6.92. The van der Waals surface area contributed by atoms with Crippen LogP contribution in [-0.2, 0) is 4.79 Å². The van der Waals surface area contributed by atoms with Crippen molar-refractivity contribution < 1.29 is 14.4 Å². The Labute approximate surface area is 184 Å². The van der Waals surface area contributed by atoms with Gasteiger partial charge in [0.1, 0.15) is 0 Å². The van der Waals surface area contributed by atoms with Gasteiger partial charge in [-0.05, 0) is 42.0 Å². The van der Waals surface area contributed by atoms with E-state index in [9.17, 15) is 14.4 Å². The van der Waals surface area contributed by atoms with Crippen LogP contribution in [0.1, 0.15) is 26.3 Å². The summed E-state index contributed by atoms with van der Waals surface area (Å²) < 4.78 is 0. The highest BCUT2D eigenvalue weighted by Crippen LogP contribution is 2.25. The molecule has 1 aliphatic heterocycles. The Hall–Kier alpha value is -3.64. The van der Waals surface area contributed by atoms with Crippen LogP contribution in [0.5, 0.6) is 0 Å². The molecule has 31 heavy (non-hydrogen) atoms. The first-order chi connectivity index (χ1) is 15.1. The highest BCUT2D eigenvalue weighted by atomic mass is 32.2. The third kappa shape index (κ3) is 4.92. The molecule has 0 aliphatic carbocycles. The van der Waals surface area contributed by atoms with Gasteiger partial charge in [-0.15, -0.1) is 11.8 Å². The Balaban J connectivity index is 1.31. The van der Waals surface area contributed by atoms with Gasteiger partial charge < -0.3 is 5.32 Å². The van der Waals surface area contributed by atoms with E-state index in [0.29, 0.717) is 29.1 Å². The maximum atomic E-state index is 12.4. The molecule has 0 spiro atoms. The zero-order valence-corrected chi connectivity index (χ0v) is 17.5. The lowest BCUT2D eigenvalue weighted by molar-refractivity contribution is -0.111. The van der Waals surface area contributed by atoms with E-state index in [0.717, 1.165) is 10.5 Å². The Morgan fingerprint density at radius 1 is 0.871 bits per heavy atom. The first-order valence-corrected chi connectivity index (χ1v) is 10.8. The summed E-state index contributed by atoms with van der Waals surface area (Å²) in [6, 6.07) is 24.0. The van der Waals surface area contributed by atoms with E-state index in [4.69, 9.17) is 0 Å². The number of nitrogens with zero attached hydrogens (tertiary/aromatic N) is 1. The number of benzene rings is 3. The van der Waals surface area contributed by atoms with Crippen LogP contribution < -0.4 is 5.32 Å². The molecule has 0 bridgehead atoms. The van der Waals surface area contributed by atoms with Gasteiger partial charge in [-0.25, -0.2) is 0 Å². The molecule has 4 rings (SSSR count). The van der Waals surface area contributed by atoms with Crippen molar-refractivity contribution in [2.45, 2.75) is 4.90 Å². The molecule has 5 nitrogen and oxygen atoms in total. The van der Waals surface area contributed by atoms with Crippen LogP contribution in [0.3, 0.4) is 0 Å². The van der Waals surface area contributed by atoms with Crippen LogP contribution >= 0.6 is 11.8 Å². The molecule has 0 atom stereocenters. The van der Waals surface area contributed by atoms with Crippen molar-refractivity contribution in [1.29, 1.82) is 0 Å². The molecule has 0 aromatic heterocycles. The summed E-state index contributed by atoms with van der Waals surface area (Å²) in [4.78, 5) is 39.3. The van der Waals surface area contributed by atoms with Gasteiger partial charge in [-0.1, -0.05) is 48.5 Å². The van der Waals surface area contributed by atoms with Crippen molar-refractivity contribution >= 4 is 41.2 Å². The number of hydrogen-bond donors (Lipinski definition) is 1. The number of fused-ring (bicyclic) bond motifs is 1. The van der Waals surface area contributed by atoms with E-state index in [1.807, 2.05) is 54.6 Å². The van der Waals surface area contributed by atoms with Crippen LogP contribution in [0, 0.1) is 0 Å². The molecule has 1 aliphatic rings. The van der Waals surface area contributed by atoms with Crippen molar-refractivity contribution in [3.8, 4) is 0 Å². The third-order valence-electron chi connectivity index (χ3n) is 4.79. The summed E-state index contributed by atoms with van der Waals surface area (Å²) >= 11 is 1.53. The van der Waals surface area contributed by atoms with Crippen LogP contribution in [0.15, 0.2) is 89.8 Å². The topological polar surface area (TPSA) is 66.5 Å². The monoisotopic (exact) mass is 428 g/mol. The quantitative estimate of drug-likeness (QED) is 0.336. The second-order valence-corrected chi connectivity index (χ2v) is 8.09. The molecule has 6 heteroatoms. The SMILES string of the molecule is O=C(/C=C/c1ccccc1)Nc1cccc(SCCN2C(=O)c3ccccc3C2=O)c1. The molecular formula is C25H20N2O3S. The Morgan fingerprint density at radius 2 is 1.55 bits per heavy atom. The van der Waals surface area contributed by atoms with E-state index >= 15 is 0 Å². The standard InChI is InChI=1S/C25H20N2O3S/c28-23(14-13-18-7-2-1-3-8-18)26-19-9-6-10-20(17-19)31-16-15-27-24(29)21-11-4-5-12-22(21)25(27)30/h1-14,17H,15-16H2,(H,26,28)/b14-13+. The van der Waals surface area contributed by atoms with Gasteiger partial charge in [0.2, 0.25) is 5.91 Å². The Bertz CT molecular complexity index is 1120. The third-order valence-corrected chi connectivity index (χ3v) is 5.76. The van der Waals surface area contributed by atoms with Gasteiger partial charge in [-0.2, -0.15) is 0 Å². The normalized spacial score (nSPS) is 13.0. The number of anilines is 1. The average Bonchev–Trinajstić information content (AvgIpc) is 3.04. The maximum absolute atomic E-state index is 12.4. The van der Waals surface area contributed by atoms with Gasteiger partial charge in [0.25, 0.3) is 11.8 Å². The Kier molecular flexibility index (Phi) is 6.29. The Morgan fingerprint density at radius 3 is 2.26 bits per heavy atom. The fourth-order valence-electron chi connectivity index (χ4n) is 3.28. The molecule has 3 aromatic rings. The smallest absolute Gasteiger partial charge is 0.261 e. The molecule has 0 saturated heterocycles. The minimum Gasteiger partial charge on any atom is -0.322 e. The summed E-state index contributed by atoms with van der Waals surface area (Å²) in [5, 5.41) is 2.85. The lowest BCUT2D eigenvalue weighted by atomic mass is 10.1. The molecule has 1 N–H and O–H groups in total. The van der Waals surface area contributed by atoms with Crippen molar-refractivity contribution in [2.75, 3.05) is 17.6 Å². The van der Waals surface area contributed by atoms with E-state index in [1.54, 1.807) is 30.3 Å². The number of amides is 3. The number of carbonyl (C=O) groups excluding carboxylic acids is 3. The number of nitrogens with one attached hydrogen (secondary N) is 1. The van der Waals surface area contributed by atoms with E-state index in [2.05, 4.69) is 5.32 Å². The fraction of sp³-hybridized carbons (Fsp3) is 0.0800. The summed E-state index contributed by atoms with van der Waals surface area (Å²) in [7, 11) is 0. The van der Waals surface area contributed by atoms with Gasteiger partial charge in [0.15, 0.2) is 0 Å². The predicted molar refractivity (Wildman–Crippen MR) is 123 cm³/mol. The van der Waals surface area contributed by atoms with Crippen molar-refractivity contribution in [3.63, 3.8) is 0 Å². The first kappa shape index (κ1) is 20.6. The van der Waals surface area contributed by atoms with Crippen LogP contribution in [0.4, 0.5) is 5.69 Å². The molecular weight excluding hydrogens is 408 g/mol. The zero-order valence-electron chi connectivity index (χ0n) is 16.7. The first-order valence-electron chi connectivity index (χ1n) is 9.84. The summed E-state index contributed by atoms with van der Waals surface area (Å²) in [5.41, 5.74) is 2.57. The van der Waals surface area contributed by atoms with Crippen molar-refractivity contribution in [2.24, 2.45) is 0 Å². The minimum absolute atomic E-state index is 0.211. The van der Waals surface area contributed by atoms with E-state index in [1.165, 1.54) is 22.7 Å². The van der Waals surface area contributed by atoms with Crippen molar-refractivity contribution in [3.05, 3.63) is 102 Å². The molecule has 154 valence electrons. The summed E-state index contributed by atoms with van der Waals surface area (Å²) in [5.74, 6) is -0.131. The molecule has 3 amide bonds. The van der Waals surface area contributed by atoms with Gasteiger partial charge in [-0.3, -0.25) is 19.3 Å². The maximum Gasteiger partial charge on any atom is 0.261 e. The zero-order chi connectivity index (χ0) is 21.6. The number of carbonyl (C=O) groups is 3. The van der Waals surface area contributed by atoms with Gasteiger partial charge >= 0.3 is 0 Å². The summed E-state index contributed by atoms with van der Waals surface area (Å²) in [6.07, 6.45) is 3.26. The second kappa shape index (κ2) is 9.45. The van der Waals surface area contributed by atoms with E-state index in [-0.39, 0.29) is 17.7 Å². The molecule has 0 unspecified atom stereocenters. The van der Waals surface area contributed by atoms with Crippen LogP contribution in [0.25, 0.3) is 6.08 Å². The number of imide groups is 1. The number of rotatable bonds is 7. The average molecular weight is 429 g/mol.